The van der Waals surface area contributed by atoms with Crippen molar-refractivity contribution >= 4 is 21.8 Å². The molecule has 7 rings (SSSR count). The molecular formula is C45H46N4OPt-2. The van der Waals surface area contributed by atoms with E-state index in [-0.39, 0.29) is 31.9 Å². The van der Waals surface area contributed by atoms with Crippen LogP contribution in [0.25, 0.3) is 39.0 Å². The summed E-state index contributed by atoms with van der Waals surface area (Å²) in [5.74, 6) is 2.10. The summed E-state index contributed by atoms with van der Waals surface area (Å²) in [4.78, 5) is 4.83. The molecule has 0 aliphatic carbocycles. The number of imidazole rings is 1. The van der Waals surface area contributed by atoms with Crippen LogP contribution in [0.5, 0.6) is 11.5 Å². The number of hydrogen-bond acceptors (Lipinski definition) is 2. The van der Waals surface area contributed by atoms with Gasteiger partial charge in [-0.3, -0.25) is 4.57 Å². The molecule has 0 saturated heterocycles. The van der Waals surface area contributed by atoms with Crippen molar-refractivity contribution < 1.29 is 30.4 Å². The summed E-state index contributed by atoms with van der Waals surface area (Å²) in [5, 5.41) is 2.25. The fraction of sp³-hybridized carbons (Fsp3) is 0.289. The van der Waals surface area contributed by atoms with Crippen molar-refractivity contribution in [1.29, 1.82) is 0 Å². The van der Waals surface area contributed by atoms with Gasteiger partial charge in [-0.2, -0.15) is 17.7 Å². The Morgan fingerprint density at radius 3 is 2.04 bits per heavy atom. The monoisotopic (exact) mass is 853 g/mol. The van der Waals surface area contributed by atoms with E-state index in [1.165, 1.54) is 39.1 Å². The van der Waals surface area contributed by atoms with Gasteiger partial charge in [0.2, 0.25) is 0 Å². The third kappa shape index (κ3) is 6.58. The molecular weight excluding hydrogens is 808 g/mol. The van der Waals surface area contributed by atoms with Gasteiger partial charge in [-0.15, -0.1) is 29.7 Å². The third-order valence-electron chi connectivity index (χ3n) is 10.4. The van der Waals surface area contributed by atoms with Crippen LogP contribution >= 0.6 is 0 Å². The maximum Gasteiger partial charge on any atom is 0.267 e. The van der Waals surface area contributed by atoms with Crippen molar-refractivity contribution in [2.45, 2.75) is 87.0 Å². The van der Waals surface area contributed by atoms with Crippen LogP contribution in [0.4, 0.5) is 0 Å². The summed E-state index contributed by atoms with van der Waals surface area (Å²) in [6.07, 6.45) is 9.60. The van der Waals surface area contributed by atoms with E-state index in [2.05, 4.69) is 165 Å². The minimum Gasteiger partial charge on any atom is -0.510 e. The first-order valence-corrected chi connectivity index (χ1v) is 17.4. The topological polar surface area (TPSA) is 35.9 Å². The largest absolute Gasteiger partial charge is 0.510 e. The Morgan fingerprint density at radius 2 is 1.35 bits per heavy atom. The van der Waals surface area contributed by atoms with Gasteiger partial charge in [-0.05, 0) is 108 Å². The van der Waals surface area contributed by atoms with E-state index < -0.39 is 0 Å². The van der Waals surface area contributed by atoms with Crippen LogP contribution in [0.3, 0.4) is 0 Å². The number of aromatic nitrogens is 4. The first-order chi connectivity index (χ1) is 23.6. The molecule has 0 aliphatic rings. The van der Waals surface area contributed by atoms with Crippen molar-refractivity contribution in [3.8, 4) is 28.7 Å². The number of pyridine rings is 1. The molecule has 0 amide bonds. The van der Waals surface area contributed by atoms with Crippen LogP contribution in [0.15, 0.2) is 79.3 Å². The molecule has 51 heavy (non-hydrogen) atoms. The molecule has 7 aromatic rings. The summed E-state index contributed by atoms with van der Waals surface area (Å²) in [7, 11) is 0. The Hall–Kier alpha value is -4.47. The maximum atomic E-state index is 6.64. The van der Waals surface area contributed by atoms with Gasteiger partial charge in [-0.25, -0.2) is 4.98 Å². The van der Waals surface area contributed by atoms with E-state index in [1.54, 1.807) is 0 Å². The molecule has 0 atom stereocenters. The smallest absolute Gasteiger partial charge is 0.267 e. The molecule has 0 unspecified atom stereocenters. The fourth-order valence-electron chi connectivity index (χ4n) is 6.86. The summed E-state index contributed by atoms with van der Waals surface area (Å²) < 4.78 is 12.9. The summed E-state index contributed by atoms with van der Waals surface area (Å²) in [5.41, 5.74) is 12.8. The number of nitrogens with zero attached hydrogens (tertiary/aromatic N) is 4. The van der Waals surface area contributed by atoms with E-state index in [4.69, 9.17) is 9.72 Å². The molecule has 5 nitrogen and oxygen atoms in total. The van der Waals surface area contributed by atoms with Gasteiger partial charge in [0.25, 0.3) is 6.33 Å². The molecule has 0 spiro atoms. The average Bonchev–Trinajstić information content (AvgIpc) is 3.69. The van der Waals surface area contributed by atoms with Crippen LogP contribution in [-0.4, -0.2) is 14.1 Å². The standard InChI is InChI=1S/C45H46N4O.Pt/c1-28-29(2)31(4)43(32(5)30(28)3)48-21-20-47(27-48)35-22-34(45(9,10)11)23-37(25-35)50-36-16-17-39-38-14-12-13-15-40(38)49(41(39)26-36)42-24-33(18-19-46-42)44(6,7)8;/h12-24H,1-11H3;/q-2;. The molecule has 0 saturated carbocycles. The molecule has 0 N–H and O–H groups in total. The molecule has 4 aromatic carbocycles. The second-order valence-corrected chi connectivity index (χ2v) is 15.7. The van der Waals surface area contributed by atoms with Gasteiger partial charge in [-0.1, -0.05) is 65.3 Å². The zero-order valence-corrected chi connectivity index (χ0v) is 33.8. The Balaban J connectivity index is 0.00000448. The van der Waals surface area contributed by atoms with Crippen molar-refractivity contribution in [3.63, 3.8) is 0 Å². The molecule has 3 aromatic heterocycles. The second-order valence-electron chi connectivity index (χ2n) is 15.7. The summed E-state index contributed by atoms with van der Waals surface area (Å²) in [6, 6.07) is 28.3. The Labute approximate surface area is 317 Å². The van der Waals surface area contributed by atoms with Crippen molar-refractivity contribution in [2.24, 2.45) is 0 Å². The van der Waals surface area contributed by atoms with Gasteiger partial charge in [0, 0.05) is 56.7 Å². The van der Waals surface area contributed by atoms with Crippen LogP contribution in [0.1, 0.15) is 80.5 Å². The van der Waals surface area contributed by atoms with Gasteiger partial charge in [0.1, 0.15) is 5.82 Å². The van der Waals surface area contributed by atoms with E-state index in [9.17, 15) is 0 Å². The number of para-hydroxylation sites is 1. The first kappa shape index (κ1) is 36.3. The molecule has 6 heteroatoms. The molecule has 0 fully saturated rings. The zero-order chi connectivity index (χ0) is 35.7. The van der Waals surface area contributed by atoms with Gasteiger partial charge >= 0.3 is 0 Å². The minimum absolute atomic E-state index is 0. The number of benzene rings is 4. The SMILES string of the molecule is Cc1c(C)c(C)c(-[n+]2[c-]n(-c3[c-]c(Oc4[c-]c5c(cc4)c4ccccc4n5-c4cc(C(C)(C)C)ccn4)cc(C(C)(C)C)c3)cc2)c(C)c1C.[Pt]. The average molecular weight is 854 g/mol. The quantitative estimate of drug-likeness (QED) is 0.128. The summed E-state index contributed by atoms with van der Waals surface area (Å²) >= 11 is 0. The molecule has 0 radical (unpaired) electrons. The van der Waals surface area contributed by atoms with E-state index in [1.807, 2.05) is 23.0 Å². The van der Waals surface area contributed by atoms with E-state index in [0.29, 0.717) is 11.5 Å². The van der Waals surface area contributed by atoms with Gasteiger partial charge in [0.15, 0.2) is 0 Å². The number of fused-ring (bicyclic) bond motifs is 3. The predicted octanol–water partition coefficient (Wildman–Crippen LogP) is 10.6. The van der Waals surface area contributed by atoms with E-state index >= 15 is 0 Å². The third-order valence-corrected chi connectivity index (χ3v) is 10.4. The van der Waals surface area contributed by atoms with Crippen LogP contribution in [-0.2, 0) is 31.9 Å². The summed E-state index contributed by atoms with van der Waals surface area (Å²) in [6.45, 7) is 24.3. The van der Waals surface area contributed by atoms with Crippen LogP contribution in [0, 0.1) is 53.1 Å². The Bertz CT molecular complexity index is 2410. The molecule has 264 valence electrons. The van der Waals surface area contributed by atoms with Crippen molar-refractivity contribution in [3.05, 3.63) is 137 Å². The van der Waals surface area contributed by atoms with Crippen molar-refractivity contribution in [1.82, 2.24) is 14.1 Å². The molecule has 0 bridgehead atoms. The molecule has 3 heterocycles. The van der Waals surface area contributed by atoms with Gasteiger partial charge < -0.3 is 13.9 Å². The van der Waals surface area contributed by atoms with Crippen LogP contribution < -0.4 is 9.30 Å². The van der Waals surface area contributed by atoms with Crippen LogP contribution in [0.2, 0.25) is 0 Å². The number of hydrogen-bond donors (Lipinski definition) is 0. The second kappa shape index (κ2) is 13.3. The predicted molar refractivity (Wildman–Crippen MR) is 204 cm³/mol. The minimum atomic E-state index is -0.118. The normalized spacial score (nSPS) is 12.1. The van der Waals surface area contributed by atoms with Gasteiger partial charge in [0.05, 0.1) is 5.69 Å². The first-order valence-electron chi connectivity index (χ1n) is 17.4. The Morgan fingerprint density at radius 1 is 0.686 bits per heavy atom. The zero-order valence-electron chi connectivity index (χ0n) is 31.5. The number of rotatable bonds is 5. The number of ether oxygens (including phenoxy) is 1. The molecule has 0 aliphatic heterocycles. The van der Waals surface area contributed by atoms with Crippen molar-refractivity contribution in [2.75, 3.05) is 0 Å². The Kier molecular flexibility index (Phi) is 9.44. The van der Waals surface area contributed by atoms with E-state index in [0.717, 1.165) is 38.9 Å². The fourth-order valence-corrected chi connectivity index (χ4v) is 6.86. The maximum absolute atomic E-state index is 6.64.